The first-order valence-electron chi connectivity index (χ1n) is 7.23. The molecule has 0 unspecified atom stereocenters. The van der Waals surface area contributed by atoms with E-state index in [9.17, 15) is 0 Å². The van der Waals surface area contributed by atoms with E-state index < -0.39 is 0 Å². The van der Waals surface area contributed by atoms with Crippen molar-refractivity contribution in [2.45, 2.75) is 52.1 Å². The second-order valence-electron chi connectivity index (χ2n) is 5.20. The average Bonchev–Trinajstić information content (AvgIpc) is 2.89. The van der Waals surface area contributed by atoms with Crippen LogP contribution in [0.2, 0.25) is 0 Å². The third-order valence-electron chi connectivity index (χ3n) is 3.94. The van der Waals surface area contributed by atoms with E-state index in [1.54, 1.807) is 0 Å². The van der Waals surface area contributed by atoms with Crippen molar-refractivity contribution < 1.29 is 5.21 Å². The van der Waals surface area contributed by atoms with Gasteiger partial charge in [0.2, 0.25) is 0 Å². The van der Waals surface area contributed by atoms with Crippen molar-refractivity contribution in [3.63, 3.8) is 0 Å². The maximum Gasteiger partial charge on any atom is 0.0764 e. The standard InChI is InChI=1S/C14H24N4O/c1-3-14(4-2)18-10-7-13(15-18)11-17-8-5-12(16-19)6-9-17/h7,10,14,19H,3-6,8-9,11H2,1-2H3. The number of oxime groups is 1. The van der Waals surface area contributed by atoms with Gasteiger partial charge in [-0.05, 0) is 18.9 Å². The smallest absolute Gasteiger partial charge is 0.0764 e. The van der Waals surface area contributed by atoms with Crippen molar-refractivity contribution in [1.82, 2.24) is 14.7 Å². The Bertz CT molecular complexity index is 413. The monoisotopic (exact) mass is 264 g/mol. The molecule has 0 atom stereocenters. The van der Waals surface area contributed by atoms with Crippen LogP contribution >= 0.6 is 0 Å². The summed E-state index contributed by atoms with van der Waals surface area (Å²) in [7, 11) is 0. The molecule has 1 fully saturated rings. The van der Waals surface area contributed by atoms with Crippen LogP contribution in [0.25, 0.3) is 0 Å². The van der Waals surface area contributed by atoms with Crippen LogP contribution in [0.1, 0.15) is 51.3 Å². The van der Waals surface area contributed by atoms with Crippen LogP contribution in [0.4, 0.5) is 0 Å². The second kappa shape index (κ2) is 6.70. The zero-order valence-electron chi connectivity index (χ0n) is 11.9. The van der Waals surface area contributed by atoms with Gasteiger partial charge in [-0.3, -0.25) is 9.58 Å². The number of hydrogen-bond acceptors (Lipinski definition) is 4. The molecule has 1 N–H and O–H groups in total. The summed E-state index contributed by atoms with van der Waals surface area (Å²) >= 11 is 0. The van der Waals surface area contributed by atoms with Gasteiger partial charge in [-0.25, -0.2) is 0 Å². The molecular formula is C14H24N4O. The summed E-state index contributed by atoms with van der Waals surface area (Å²) < 4.78 is 2.10. The van der Waals surface area contributed by atoms with E-state index in [1.807, 2.05) is 0 Å². The van der Waals surface area contributed by atoms with Crippen LogP contribution in [0, 0.1) is 0 Å². The van der Waals surface area contributed by atoms with Crippen LogP contribution in [-0.2, 0) is 6.54 Å². The van der Waals surface area contributed by atoms with Gasteiger partial charge in [0.25, 0.3) is 0 Å². The average molecular weight is 264 g/mol. The van der Waals surface area contributed by atoms with Crippen molar-refractivity contribution in [2.75, 3.05) is 13.1 Å². The quantitative estimate of drug-likeness (QED) is 0.657. The Balaban J connectivity index is 1.90. The molecule has 0 amide bonds. The number of piperidine rings is 1. The van der Waals surface area contributed by atoms with Gasteiger partial charge in [0.15, 0.2) is 0 Å². The lowest BCUT2D eigenvalue weighted by Gasteiger charge is -2.26. The highest BCUT2D eigenvalue weighted by Crippen LogP contribution is 2.16. The largest absolute Gasteiger partial charge is 0.411 e. The fraction of sp³-hybridized carbons (Fsp3) is 0.714. The first-order valence-corrected chi connectivity index (χ1v) is 7.23. The highest BCUT2D eigenvalue weighted by atomic mass is 16.4. The Kier molecular flexibility index (Phi) is 4.96. The van der Waals surface area contributed by atoms with Crippen LogP contribution in [-0.4, -0.2) is 38.7 Å². The Morgan fingerprint density at radius 3 is 2.58 bits per heavy atom. The lowest BCUT2D eigenvalue weighted by atomic mass is 10.1. The van der Waals surface area contributed by atoms with E-state index >= 15 is 0 Å². The molecule has 0 spiro atoms. The van der Waals surface area contributed by atoms with Crippen LogP contribution < -0.4 is 0 Å². The predicted octanol–water partition coefficient (Wildman–Crippen LogP) is 2.67. The van der Waals surface area contributed by atoms with E-state index in [4.69, 9.17) is 5.21 Å². The summed E-state index contributed by atoms with van der Waals surface area (Å²) in [6.07, 6.45) is 6.07. The van der Waals surface area contributed by atoms with Crippen molar-refractivity contribution >= 4 is 5.71 Å². The molecule has 1 aromatic rings. The summed E-state index contributed by atoms with van der Waals surface area (Å²) in [5, 5.41) is 16.7. The predicted molar refractivity (Wildman–Crippen MR) is 75.6 cm³/mol. The number of rotatable bonds is 5. The molecule has 0 aliphatic carbocycles. The summed E-state index contributed by atoms with van der Waals surface area (Å²) in [6, 6.07) is 2.64. The van der Waals surface area contributed by atoms with Gasteiger partial charge >= 0.3 is 0 Å². The number of nitrogens with zero attached hydrogens (tertiary/aromatic N) is 4. The maximum atomic E-state index is 8.74. The highest BCUT2D eigenvalue weighted by Gasteiger charge is 2.17. The number of likely N-dealkylation sites (tertiary alicyclic amines) is 1. The minimum absolute atomic E-state index is 0.517. The molecule has 0 radical (unpaired) electrons. The first kappa shape index (κ1) is 14.1. The van der Waals surface area contributed by atoms with Crippen LogP contribution in [0.3, 0.4) is 0 Å². The van der Waals surface area contributed by atoms with E-state index in [2.05, 4.69) is 45.9 Å². The molecular weight excluding hydrogens is 240 g/mol. The summed E-state index contributed by atoms with van der Waals surface area (Å²) in [5.74, 6) is 0. The van der Waals surface area contributed by atoms with E-state index in [0.29, 0.717) is 6.04 Å². The molecule has 106 valence electrons. The van der Waals surface area contributed by atoms with Crippen molar-refractivity contribution in [1.29, 1.82) is 0 Å². The number of aromatic nitrogens is 2. The Morgan fingerprint density at radius 2 is 2.00 bits per heavy atom. The molecule has 2 rings (SSSR count). The Labute approximate surface area is 114 Å². The topological polar surface area (TPSA) is 53.7 Å². The zero-order valence-corrected chi connectivity index (χ0v) is 11.9. The van der Waals surface area contributed by atoms with Gasteiger partial charge in [0.1, 0.15) is 0 Å². The lowest BCUT2D eigenvalue weighted by Crippen LogP contribution is -2.33. The third kappa shape index (κ3) is 3.56. The van der Waals surface area contributed by atoms with Crippen LogP contribution in [0.15, 0.2) is 17.4 Å². The maximum absolute atomic E-state index is 8.74. The molecule has 1 aromatic heterocycles. The van der Waals surface area contributed by atoms with E-state index in [0.717, 1.165) is 56.7 Å². The van der Waals surface area contributed by atoms with E-state index in [-0.39, 0.29) is 0 Å². The first-order chi connectivity index (χ1) is 9.26. The molecule has 5 nitrogen and oxygen atoms in total. The van der Waals surface area contributed by atoms with Crippen LogP contribution in [0.5, 0.6) is 0 Å². The second-order valence-corrected chi connectivity index (χ2v) is 5.20. The summed E-state index contributed by atoms with van der Waals surface area (Å²) in [5.41, 5.74) is 2.05. The normalized spacial score (nSPS) is 17.1. The van der Waals surface area contributed by atoms with Crippen molar-refractivity contribution in [2.24, 2.45) is 5.16 Å². The minimum Gasteiger partial charge on any atom is -0.411 e. The molecule has 19 heavy (non-hydrogen) atoms. The molecule has 0 bridgehead atoms. The van der Waals surface area contributed by atoms with Crippen molar-refractivity contribution in [3.8, 4) is 0 Å². The summed E-state index contributed by atoms with van der Waals surface area (Å²) in [4.78, 5) is 2.37. The van der Waals surface area contributed by atoms with Gasteiger partial charge in [-0.2, -0.15) is 5.10 Å². The van der Waals surface area contributed by atoms with Gasteiger partial charge in [0, 0.05) is 38.7 Å². The third-order valence-corrected chi connectivity index (χ3v) is 3.94. The van der Waals surface area contributed by atoms with Gasteiger partial charge in [-0.15, -0.1) is 0 Å². The molecule has 1 aliphatic heterocycles. The van der Waals surface area contributed by atoms with Crippen molar-refractivity contribution in [3.05, 3.63) is 18.0 Å². The summed E-state index contributed by atoms with van der Waals surface area (Å²) in [6.45, 7) is 7.21. The Hall–Kier alpha value is -1.36. The van der Waals surface area contributed by atoms with Gasteiger partial charge in [0.05, 0.1) is 17.4 Å². The minimum atomic E-state index is 0.517. The molecule has 0 saturated carbocycles. The van der Waals surface area contributed by atoms with Gasteiger partial charge < -0.3 is 5.21 Å². The lowest BCUT2D eigenvalue weighted by molar-refractivity contribution is 0.252. The molecule has 2 heterocycles. The molecule has 1 aliphatic rings. The molecule has 1 saturated heterocycles. The SMILES string of the molecule is CCC(CC)n1ccc(CN2CCC(=NO)CC2)n1. The number of hydrogen-bond donors (Lipinski definition) is 1. The van der Waals surface area contributed by atoms with E-state index in [1.165, 1.54) is 0 Å². The fourth-order valence-electron chi connectivity index (χ4n) is 2.63. The van der Waals surface area contributed by atoms with Gasteiger partial charge in [-0.1, -0.05) is 19.0 Å². The molecule has 5 heteroatoms. The Morgan fingerprint density at radius 1 is 1.32 bits per heavy atom. The molecule has 0 aromatic carbocycles. The highest BCUT2D eigenvalue weighted by molar-refractivity contribution is 5.84. The fourth-order valence-corrected chi connectivity index (χ4v) is 2.63. The zero-order chi connectivity index (χ0) is 13.7.